The van der Waals surface area contributed by atoms with Crippen molar-refractivity contribution in [2.45, 2.75) is 0 Å². The second-order valence-corrected chi connectivity index (χ2v) is 2.09. The molecule has 0 aromatic heterocycles. The normalized spacial score (nSPS) is 8.30. The number of hydrogen-bond donors (Lipinski definition) is 0. The largest absolute Gasteiger partial charge is 0.411 e. The summed E-state index contributed by atoms with van der Waals surface area (Å²) in [7, 11) is 0. The predicted molar refractivity (Wildman–Crippen MR) is 40.3 cm³/mol. The maximum absolute atomic E-state index is 8.12. The van der Waals surface area contributed by atoms with Gasteiger partial charge in [0.05, 0.1) is 0 Å². The fourth-order valence-electron chi connectivity index (χ4n) is 0.543. The van der Waals surface area contributed by atoms with E-state index >= 15 is 0 Å². The quantitative estimate of drug-likeness (QED) is 0.480. The number of nitrogens with zero attached hydrogens (tertiary/aromatic N) is 1. The Labute approximate surface area is 63.6 Å². The van der Waals surface area contributed by atoms with E-state index < -0.39 is 0 Å². The van der Waals surface area contributed by atoms with Crippen LogP contribution in [-0.2, 0) is 0 Å². The first-order valence-electron chi connectivity index (χ1n) is 2.71. The molecule has 3 heteroatoms. The van der Waals surface area contributed by atoms with Crippen molar-refractivity contribution in [1.82, 2.24) is 0 Å². The predicted octanol–water partition coefficient (Wildman–Crippen LogP) is 2.19. The zero-order valence-electron chi connectivity index (χ0n) is 5.15. The van der Waals surface area contributed by atoms with Crippen LogP contribution in [0.5, 0.6) is 5.75 Å². The summed E-state index contributed by atoms with van der Waals surface area (Å²) in [6.07, 6.45) is 0. The van der Waals surface area contributed by atoms with E-state index in [0.717, 1.165) is 12.0 Å². The molecule has 0 saturated carbocycles. The summed E-state index contributed by atoms with van der Waals surface area (Å²) in [5.41, 5.74) is 0. The molecule has 1 rings (SSSR count). The highest BCUT2D eigenvalue weighted by Gasteiger charge is 1.88. The molecule has 2 nitrogen and oxygen atoms in total. The molecule has 0 spiro atoms. The molecule has 1 aromatic carbocycles. The standard InChI is InChI=1S/C7H5NOS/c8-6-10-9-7-4-2-1-3-5-7/h1-5H. The molecule has 0 fully saturated rings. The summed E-state index contributed by atoms with van der Waals surface area (Å²) in [4.78, 5) is 0. The van der Waals surface area contributed by atoms with E-state index in [1.165, 1.54) is 0 Å². The van der Waals surface area contributed by atoms with E-state index in [0.29, 0.717) is 5.75 Å². The van der Waals surface area contributed by atoms with Crippen LogP contribution in [0.15, 0.2) is 30.3 Å². The Morgan fingerprint density at radius 1 is 1.30 bits per heavy atom. The van der Waals surface area contributed by atoms with Gasteiger partial charge in [-0.05, 0) is 12.1 Å². The van der Waals surface area contributed by atoms with Crippen LogP contribution in [0.4, 0.5) is 0 Å². The highest BCUT2D eigenvalue weighted by molar-refractivity contribution is 7.99. The Hall–Kier alpha value is -1.14. The van der Waals surface area contributed by atoms with Gasteiger partial charge < -0.3 is 4.18 Å². The lowest BCUT2D eigenvalue weighted by molar-refractivity contribution is 0.653. The SMILES string of the molecule is N#CSOc1ccccc1. The zero-order valence-corrected chi connectivity index (χ0v) is 5.97. The summed E-state index contributed by atoms with van der Waals surface area (Å²) in [5.74, 6) is 0.703. The van der Waals surface area contributed by atoms with Gasteiger partial charge in [0, 0.05) is 0 Å². The monoisotopic (exact) mass is 151 g/mol. The molecule has 0 N–H and O–H groups in total. The second-order valence-electron chi connectivity index (χ2n) is 1.57. The van der Waals surface area contributed by atoms with Gasteiger partial charge in [0.1, 0.15) is 5.75 Å². The molecule has 0 aliphatic heterocycles. The van der Waals surface area contributed by atoms with Crippen LogP contribution in [0.3, 0.4) is 0 Å². The number of hydrogen-bond acceptors (Lipinski definition) is 3. The van der Waals surface area contributed by atoms with Crippen LogP contribution in [0.1, 0.15) is 0 Å². The van der Waals surface area contributed by atoms with E-state index in [2.05, 4.69) is 0 Å². The lowest BCUT2D eigenvalue weighted by Gasteiger charge is -1.94. The number of benzene rings is 1. The lowest BCUT2D eigenvalue weighted by Crippen LogP contribution is -1.75. The Balaban J connectivity index is 2.52. The van der Waals surface area contributed by atoms with Gasteiger partial charge in [-0.3, -0.25) is 0 Å². The fourth-order valence-corrected chi connectivity index (χ4v) is 0.787. The van der Waals surface area contributed by atoms with E-state index in [-0.39, 0.29) is 0 Å². The molecule has 0 saturated heterocycles. The first kappa shape index (κ1) is 6.97. The van der Waals surface area contributed by atoms with Gasteiger partial charge in [0.15, 0.2) is 17.4 Å². The Bertz CT molecular complexity index is 229. The maximum Gasteiger partial charge on any atom is 0.176 e. The molecule has 10 heavy (non-hydrogen) atoms. The topological polar surface area (TPSA) is 33.0 Å². The smallest absolute Gasteiger partial charge is 0.176 e. The number of para-hydroxylation sites is 1. The van der Waals surface area contributed by atoms with Gasteiger partial charge >= 0.3 is 0 Å². The maximum atomic E-state index is 8.12. The van der Waals surface area contributed by atoms with Gasteiger partial charge in [-0.1, -0.05) is 18.2 Å². The summed E-state index contributed by atoms with van der Waals surface area (Å²) < 4.78 is 4.91. The molecule has 0 bridgehead atoms. The molecule has 0 atom stereocenters. The van der Waals surface area contributed by atoms with Crippen molar-refractivity contribution in [3.63, 3.8) is 0 Å². The van der Waals surface area contributed by atoms with Crippen LogP contribution < -0.4 is 4.18 Å². The van der Waals surface area contributed by atoms with Crippen molar-refractivity contribution in [3.05, 3.63) is 30.3 Å². The number of thiocyanates is 1. The summed E-state index contributed by atoms with van der Waals surface area (Å²) in [6.45, 7) is 0. The average molecular weight is 151 g/mol. The van der Waals surface area contributed by atoms with Crippen molar-refractivity contribution in [2.24, 2.45) is 0 Å². The van der Waals surface area contributed by atoms with Crippen molar-refractivity contribution in [1.29, 1.82) is 5.26 Å². The molecule has 0 aliphatic rings. The van der Waals surface area contributed by atoms with Crippen molar-refractivity contribution >= 4 is 12.0 Å². The summed E-state index contributed by atoms with van der Waals surface area (Å²) in [6, 6.07) is 9.19. The Kier molecular flexibility index (Phi) is 2.65. The Morgan fingerprint density at radius 3 is 2.60 bits per heavy atom. The minimum absolute atomic E-state index is 0.703. The average Bonchev–Trinajstić information content (AvgIpc) is 2.03. The molecule has 0 amide bonds. The van der Waals surface area contributed by atoms with Crippen LogP contribution in [0.25, 0.3) is 0 Å². The number of rotatable bonds is 2. The van der Waals surface area contributed by atoms with E-state index in [4.69, 9.17) is 9.44 Å². The van der Waals surface area contributed by atoms with E-state index in [1.807, 2.05) is 23.6 Å². The molecule has 0 radical (unpaired) electrons. The van der Waals surface area contributed by atoms with Gasteiger partial charge in [-0.25, -0.2) is 0 Å². The summed E-state index contributed by atoms with van der Waals surface area (Å²) >= 11 is 0.767. The van der Waals surface area contributed by atoms with Crippen LogP contribution >= 0.6 is 12.0 Å². The molecule has 50 valence electrons. The third-order valence-corrected chi connectivity index (χ3v) is 1.27. The van der Waals surface area contributed by atoms with E-state index in [1.54, 1.807) is 12.1 Å². The minimum Gasteiger partial charge on any atom is -0.411 e. The van der Waals surface area contributed by atoms with Gasteiger partial charge in [-0.2, -0.15) is 5.26 Å². The van der Waals surface area contributed by atoms with Crippen LogP contribution in [-0.4, -0.2) is 0 Å². The minimum atomic E-state index is 0.703. The molecule has 0 unspecified atom stereocenters. The first-order chi connectivity index (χ1) is 4.93. The molecular formula is C7H5NOS. The van der Waals surface area contributed by atoms with Gasteiger partial charge in [0.2, 0.25) is 0 Å². The van der Waals surface area contributed by atoms with Crippen LogP contribution in [0.2, 0.25) is 0 Å². The highest BCUT2D eigenvalue weighted by atomic mass is 32.2. The third-order valence-electron chi connectivity index (χ3n) is 0.918. The zero-order chi connectivity index (χ0) is 7.23. The van der Waals surface area contributed by atoms with E-state index in [9.17, 15) is 0 Å². The van der Waals surface area contributed by atoms with Crippen molar-refractivity contribution in [2.75, 3.05) is 0 Å². The second kappa shape index (κ2) is 3.80. The third kappa shape index (κ3) is 2.00. The van der Waals surface area contributed by atoms with Crippen LogP contribution in [0, 0.1) is 10.7 Å². The molecule has 0 heterocycles. The van der Waals surface area contributed by atoms with Gasteiger partial charge in [-0.15, -0.1) is 0 Å². The first-order valence-corrected chi connectivity index (χ1v) is 3.45. The van der Waals surface area contributed by atoms with Crippen molar-refractivity contribution in [3.8, 4) is 11.2 Å². The molecular weight excluding hydrogens is 146 g/mol. The number of nitriles is 1. The Morgan fingerprint density at radius 2 is 2.00 bits per heavy atom. The molecule has 0 aliphatic carbocycles. The highest BCUT2D eigenvalue weighted by Crippen LogP contribution is 2.13. The fraction of sp³-hybridized carbons (Fsp3) is 0. The molecule has 1 aromatic rings. The lowest BCUT2D eigenvalue weighted by atomic mass is 10.3. The summed E-state index contributed by atoms with van der Waals surface area (Å²) in [5, 5.41) is 9.93. The van der Waals surface area contributed by atoms with Crippen molar-refractivity contribution < 1.29 is 4.18 Å². The van der Waals surface area contributed by atoms with Gasteiger partial charge in [0.25, 0.3) is 0 Å².